The second-order valence-corrected chi connectivity index (χ2v) is 8.51. The number of aromatic nitrogens is 3. The monoisotopic (exact) mass is 401 g/mol. The molecule has 0 radical (unpaired) electrons. The minimum atomic E-state index is -0.914. The quantitative estimate of drug-likeness (QED) is 0.523. The molecule has 5 rings (SSSR count). The van der Waals surface area contributed by atoms with E-state index in [4.69, 9.17) is 4.74 Å². The number of carboxylic acid groups (broad SMARTS) is 1. The van der Waals surface area contributed by atoms with Crippen LogP contribution in [0.4, 0.5) is 0 Å². The Hall–Kier alpha value is -3.54. The van der Waals surface area contributed by atoms with Gasteiger partial charge < -0.3 is 14.4 Å². The number of carboxylic acids is 1. The molecule has 0 spiro atoms. The van der Waals surface area contributed by atoms with E-state index in [-0.39, 0.29) is 5.41 Å². The number of methoxy groups -OCH3 is 1. The molecule has 2 aromatic heterocycles. The van der Waals surface area contributed by atoms with Crippen molar-refractivity contribution in [1.82, 2.24) is 14.8 Å². The fraction of sp³-hybridized carbons (Fsp3) is 0.250. The van der Waals surface area contributed by atoms with Gasteiger partial charge in [0.05, 0.1) is 18.4 Å². The van der Waals surface area contributed by atoms with Crippen molar-refractivity contribution >= 4 is 16.9 Å². The van der Waals surface area contributed by atoms with Crippen LogP contribution in [0.25, 0.3) is 22.3 Å². The zero-order valence-corrected chi connectivity index (χ0v) is 17.2. The van der Waals surface area contributed by atoms with E-state index >= 15 is 0 Å². The number of nitrogens with one attached hydrogen (secondary N) is 1. The van der Waals surface area contributed by atoms with Gasteiger partial charge in [-0.05, 0) is 53.3 Å². The maximum atomic E-state index is 11.7. The van der Waals surface area contributed by atoms with E-state index < -0.39 is 5.97 Å². The van der Waals surface area contributed by atoms with Gasteiger partial charge in [0.15, 0.2) is 0 Å². The Morgan fingerprint density at radius 1 is 1.23 bits per heavy atom. The summed E-state index contributed by atoms with van der Waals surface area (Å²) in [6.45, 7) is 5.09. The molecule has 1 aliphatic rings. The minimum Gasteiger partial charge on any atom is -0.497 e. The van der Waals surface area contributed by atoms with Gasteiger partial charge in [-0.3, -0.25) is 5.10 Å². The average Bonchev–Trinajstić information content (AvgIpc) is 3.30. The van der Waals surface area contributed by atoms with Crippen molar-refractivity contribution in [2.45, 2.75) is 32.2 Å². The highest BCUT2D eigenvalue weighted by Crippen LogP contribution is 2.47. The van der Waals surface area contributed by atoms with Crippen LogP contribution in [-0.4, -0.2) is 33.0 Å². The highest BCUT2D eigenvalue weighted by Gasteiger charge is 2.37. The SMILES string of the molecule is COc1ccc(Cn2c3c(c4cc(C(=O)O)ccc42)C(C)(C)Cc2c[nH]nc2-3)cc1. The summed E-state index contributed by atoms with van der Waals surface area (Å²) < 4.78 is 7.55. The number of aromatic amines is 1. The molecule has 0 fully saturated rings. The Morgan fingerprint density at radius 2 is 2.00 bits per heavy atom. The number of aromatic carboxylic acids is 1. The number of carbonyl (C=O) groups is 1. The van der Waals surface area contributed by atoms with Crippen LogP contribution in [0.1, 0.15) is 40.9 Å². The standard InChI is InChI=1S/C24H23N3O3/c1-24(2)11-16-12-25-26-21(16)22-20(24)18-10-15(23(28)29)6-9-19(18)27(22)13-14-4-7-17(30-3)8-5-14/h4-10,12H,11,13H2,1-3H3,(H,25,26)(H,28,29). The predicted octanol–water partition coefficient (Wildman–Crippen LogP) is 4.62. The van der Waals surface area contributed by atoms with Gasteiger partial charge in [0, 0.05) is 29.2 Å². The van der Waals surface area contributed by atoms with Gasteiger partial charge in [-0.1, -0.05) is 26.0 Å². The number of hydrogen-bond donors (Lipinski definition) is 2. The number of nitrogens with zero attached hydrogens (tertiary/aromatic N) is 2. The van der Waals surface area contributed by atoms with E-state index in [1.807, 2.05) is 24.4 Å². The molecule has 0 aliphatic heterocycles. The van der Waals surface area contributed by atoms with Crippen molar-refractivity contribution in [3.8, 4) is 17.1 Å². The van der Waals surface area contributed by atoms with E-state index in [0.29, 0.717) is 12.1 Å². The van der Waals surface area contributed by atoms with Gasteiger partial charge in [-0.2, -0.15) is 5.10 Å². The van der Waals surface area contributed by atoms with E-state index in [2.05, 4.69) is 40.7 Å². The van der Waals surface area contributed by atoms with Crippen LogP contribution in [0.5, 0.6) is 5.75 Å². The summed E-state index contributed by atoms with van der Waals surface area (Å²) in [5.41, 5.74) is 6.67. The first-order valence-corrected chi connectivity index (χ1v) is 9.95. The average molecular weight is 401 g/mol. The lowest BCUT2D eigenvalue weighted by atomic mass is 9.73. The van der Waals surface area contributed by atoms with Crippen molar-refractivity contribution in [3.63, 3.8) is 0 Å². The van der Waals surface area contributed by atoms with Gasteiger partial charge in [-0.25, -0.2) is 4.79 Å². The smallest absolute Gasteiger partial charge is 0.335 e. The van der Waals surface area contributed by atoms with E-state index in [1.165, 1.54) is 5.56 Å². The van der Waals surface area contributed by atoms with Crippen molar-refractivity contribution in [2.24, 2.45) is 0 Å². The van der Waals surface area contributed by atoms with Crippen molar-refractivity contribution in [3.05, 3.63) is 70.9 Å². The first-order valence-electron chi connectivity index (χ1n) is 9.95. The molecule has 6 heteroatoms. The number of H-pyrrole nitrogens is 1. The van der Waals surface area contributed by atoms with E-state index in [0.717, 1.165) is 45.6 Å². The molecule has 2 aromatic carbocycles. The van der Waals surface area contributed by atoms with Crippen LogP contribution in [-0.2, 0) is 18.4 Å². The number of fused-ring (bicyclic) bond motifs is 5. The third-order valence-corrected chi connectivity index (χ3v) is 6.06. The molecule has 0 unspecified atom stereocenters. The summed E-state index contributed by atoms with van der Waals surface area (Å²) in [7, 11) is 1.66. The predicted molar refractivity (Wildman–Crippen MR) is 115 cm³/mol. The molecule has 4 aromatic rings. The van der Waals surface area contributed by atoms with E-state index in [9.17, 15) is 9.90 Å². The summed E-state index contributed by atoms with van der Waals surface area (Å²) in [5, 5.41) is 18.1. The molecule has 0 saturated carbocycles. The van der Waals surface area contributed by atoms with Gasteiger partial charge in [-0.15, -0.1) is 0 Å². The highest BCUT2D eigenvalue weighted by atomic mass is 16.5. The molecule has 2 N–H and O–H groups in total. The third-order valence-electron chi connectivity index (χ3n) is 6.06. The van der Waals surface area contributed by atoms with Crippen LogP contribution < -0.4 is 4.74 Å². The fourth-order valence-corrected chi connectivity index (χ4v) is 4.72. The summed E-state index contributed by atoms with van der Waals surface area (Å²) in [6, 6.07) is 13.4. The lowest BCUT2D eigenvalue weighted by molar-refractivity contribution is 0.0697. The largest absolute Gasteiger partial charge is 0.497 e. The molecule has 152 valence electrons. The first-order chi connectivity index (χ1) is 14.4. The molecule has 1 aliphatic carbocycles. The Kier molecular flexibility index (Phi) is 4.00. The molecule has 6 nitrogen and oxygen atoms in total. The lowest BCUT2D eigenvalue weighted by Gasteiger charge is -2.30. The van der Waals surface area contributed by atoms with Gasteiger partial charge in [0.1, 0.15) is 11.4 Å². The topological polar surface area (TPSA) is 80.1 Å². The molecule has 2 heterocycles. The molecule has 0 bridgehead atoms. The Morgan fingerprint density at radius 3 is 2.70 bits per heavy atom. The number of benzene rings is 2. The number of rotatable bonds is 4. The van der Waals surface area contributed by atoms with Gasteiger partial charge in [0.2, 0.25) is 0 Å². The summed E-state index contributed by atoms with van der Waals surface area (Å²) in [4.78, 5) is 11.7. The molecule has 0 amide bonds. The maximum Gasteiger partial charge on any atom is 0.335 e. The molecular weight excluding hydrogens is 378 g/mol. The summed E-state index contributed by atoms with van der Waals surface area (Å²) in [6.07, 6.45) is 2.82. The van der Waals surface area contributed by atoms with Crippen LogP contribution in [0.3, 0.4) is 0 Å². The maximum absolute atomic E-state index is 11.7. The zero-order valence-electron chi connectivity index (χ0n) is 17.2. The first kappa shape index (κ1) is 18.5. The molecular formula is C24H23N3O3. The van der Waals surface area contributed by atoms with Crippen LogP contribution in [0, 0.1) is 0 Å². The normalized spacial score (nSPS) is 14.4. The third kappa shape index (κ3) is 2.71. The zero-order chi connectivity index (χ0) is 21.0. The second kappa shape index (κ2) is 6.49. The van der Waals surface area contributed by atoms with Crippen molar-refractivity contribution in [2.75, 3.05) is 7.11 Å². The minimum absolute atomic E-state index is 0.146. The Labute approximate surface area is 174 Å². The summed E-state index contributed by atoms with van der Waals surface area (Å²) >= 11 is 0. The van der Waals surface area contributed by atoms with Crippen molar-refractivity contribution < 1.29 is 14.6 Å². The molecule has 30 heavy (non-hydrogen) atoms. The second-order valence-electron chi connectivity index (χ2n) is 8.51. The van der Waals surface area contributed by atoms with Crippen LogP contribution >= 0.6 is 0 Å². The van der Waals surface area contributed by atoms with Crippen molar-refractivity contribution in [1.29, 1.82) is 0 Å². The van der Waals surface area contributed by atoms with Gasteiger partial charge >= 0.3 is 5.97 Å². The summed E-state index contributed by atoms with van der Waals surface area (Å²) in [5.74, 6) is -0.0948. The van der Waals surface area contributed by atoms with Gasteiger partial charge in [0.25, 0.3) is 0 Å². The number of hydrogen-bond acceptors (Lipinski definition) is 3. The lowest BCUT2D eigenvalue weighted by Crippen LogP contribution is -2.25. The Balaban J connectivity index is 1.79. The van der Waals surface area contributed by atoms with Crippen LogP contribution in [0.2, 0.25) is 0 Å². The number of ether oxygens (including phenoxy) is 1. The van der Waals surface area contributed by atoms with Crippen LogP contribution in [0.15, 0.2) is 48.7 Å². The Bertz CT molecular complexity index is 1280. The fourth-order valence-electron chi connectivity index (χ4n) is 4.72. The molecule has 0 saturated heterocycles. The highest BCUT2D eigenvalue weighted by molar-refractivity contribution is 5.99. The van der Waals surface area contributed by atoms with E-state index in [1.54, 1.807) is 19.2 Å². The molecule has 0 atom stereocenters.